The summed E-state index contributed by atoms with van der Waals surface area (Å²) in [6, 6.07) is 6.98. The molecule has 162 valence electrons. The van der Waals surface area contributed by atoms with E-state index >= 15 is 0 Å². The van der Waals surface area contributed by atoms with Crippen molar-refractivity contribution >= 4 is 17.5 Å². The normalized spacial score (nSPS) is 15.9. The molecular weight excluding hydrogens is 380 g/mol. The first-order valence-corrected chi connectivity index (χ1v) is 10.3. The highest BCUT2D eigenvalue weighted by molar-refractivity contribution is 6.04. The number of carbonyl (C=O) groups is 2. The number of aryl methyl sites for hydroxylation is 1. The maximum absolute atomic E-state index is 12.9. The third-order valence-corrected chi connectivity index (χ3v) is 5.39. The van der Waals surface area contributed by atoms with Crippen molar-refractivity contribution in [3.63, 3.8) is 0 Å². The van der Waals surface area contributed by atoms with Crippen LogP contribution in [0.1, 0.15) is 52.9 Å². The van der Waals surface area contributed by atoms with Crippen molar-refractivity contribution in [3.05, 3.63) is 46.8 Å². The first-order valence-electron chi connectivity index (χ1n) is 10.3. The van der Waals surface area contributed by atoms with Crippen LogP contribution in [-0.4, -0.2) is 64.6 Å². The fourth-order valence-electron chi connectivity index (χ4n) is 3.62. The van der Waals surface area contributed by atoms with Gasteiger partial charge < -0.3 is 16.0 Å². The van der Waals surface area contributed by atoms with Crippen LogP contribution < -0.4 is 11.1 Å². The van der Waals surface area contributed by atoms with Gasteiger partial charge in [-0.2, -0.15) is 5.10 Å². The van der Waals surface area contributed by atoms with Crippen LogP contribution in [0.4, 0.5) is 5.69 Å². The largest absolute Gasteiger partial charge is 0.366 e. The fourth-order valence-corrected chi connectivity index (χ4v) is 3.62. The van der Waals surface area contributed by atoms with Gasteiger partial charge in [-0.25, -0.2) is 0 Å². The molecular formula is C22H32N6O2. The fraction of sp³-hybridized carbons (Fsp3) is 0.500. The monoisotopic (exact) mass is 412 g/mol. The predicted octanol–water partition coefficient (Wildman–Crippen LogP) is 2.05. The summed E-state index contributed by atoms with van der Waals surface area (Å²) in [5.41, 5.74) is 8.22. The minimum absolute atomic E-state index is 0.247. The van der Waals surface area contributed by atoms with Crippen LogP contribution in [0.3, 0.4) is 0 Å². The number of hydrogen-bond donors (Lipinski definition) is 2. The maximum atomic E-state index is 12.9. The maximum Gasteiger partial charge on any atom is 0.276 e. The van der Waals surface area contributed by atoms with Crippen LogP contribution in [0.2, 0.25) is 0 Å². The van der Waals surface area contributed by atoms with Crippen molar-refractivity contribution < 1.29 is 9.59 Å². The third kappa shape index (κ3) is 5.06. The molecule has 1 fully saturated rings. The van der Waals surface area contributed by atoms with Gasteiger partial charge in [0, 0.05) is 44.0 Å². The molecule has 8 nitrogen and oxygen atoms in total. The van der Waals surface area contributed by atoms with Gasteiger partial charge in [-0.3, -0.25) is 19.2 Å². The lowest BCUT2D eigenvalue weighted by Gasteiger charge is -2.33. The number of nitrogens with zero attached hydrogens (tertiary/aromatic N) is 4. The van der Waals surface area contributed by atoms with E-state index in [9.17, 15) is 9.59 Å². The predicted molar refractivity (Wildman–Crippen MR) is 118 cm³/mol. The molecule has 0 atom stereocenters. The molecule has 8 heteroatoms. The molecule has 0 radical (unpaired) electrons. The average molecular weight is 413 g/mol. The number of aromatic nitrogens is 2. The Morgan fingerprint density at radius 1 is 1.13 bits per heavy atom. The van der Waals surface area contributed by atoms with Gasteiger partial charge in [0.15, 0.2) is 5.69 Å². The molecule has 3 N–H and O–H groups in total. The third-order valence-electron chi connectivity index (χ3n) is 5.39. The van der Waals surface area contributed by atoms with Crippen LogP contribution in [-0.2, 0) is 12.1 Å². The summed E-state index contributed by atoms with van der Waals surface area (Å²) in [6.45, 7) is 12.8. The number of rotatable bonds is 5. The van der Waals surface area contributed by atoms with E-state index < -0.39 is 5.91 Å². The zero-order chi connectivity index (χ0) is 22.1. The van der Waals surface area contributed by atoms with E-state index in [1.165, 1.54) is 0 Å². The number of likely N-dealkylation sites (N-methyl/N-ethyl adjacent to an activating group) is 1. The van der Waals surface area contributed by atoms with Gasteiger partial charge in [-0.15, -0.1) is 0 Å². The summed E-state index contributed by atoms with van der Waals surface area (Å²) in [5.74, 6) is -0.827. The average Bonchev–Trinajstić information content (AvgIpc) is 3.09. The van der Waals surface area contributed by atoms with E-state index in [0.29, 0.717) is 16.9 Å². The molecule has 1 aromatic heterocycles. The minimum Gasteiger partial charge on any atom is -0.366 e. The van der Waals surface area contributed by atoms with Crippen LogP contribution in [0, 0.1) is 6.92 Å². The molecule has 0 saturated carbocycles. The summed E-state index contributed by atoms with van der Waals surface area (Å²) in [5, 5.41) is 7.45. The second-order valence-corrected chi connectivity index (χ2v) is 9.03. The molecule has 0 bridgehead atoms. The highest BCUT2D eigenvalue weighted by Gasteiger charge is 2.24. The Morgan fingerprint density at radius 2 is 1.80 bits per heavy atom. The molecule has 2 amide bonds. The molecule has 30 heavy (non-hydrogen) atoms. The number of primary amides is 1. The van der Waals surface area contributed by atoms with Gasteiger partial charge in [-0.05, 0) is 58.5 Å². The van der Waals surface area contributed by atoms with E-state index in [2.05, 4.69) is 48.0 Å². The second-order valence-electron chi connectivity index (χ2n) is 9.03. The Morgan fingerprint density at radius 3 is 2.40 bits per heavy atom. The first-order chi connectivity index (χ1) is 14.0. The van der Waals surface area contributed by atoms with E-state index in [4.69, 9.17) is 5.73 Å². The minimum atomic E-state index is -0.518. The Balaban J connectivity index is 1.81. The van der Waals surface area contributed by atoms with Crippen molar-refractivity contribution in [2.45, 2.75) is 39.8 Å². The highest BCUT2D eigenvalue weighted by atomic mass is 16.2. The van der Waals surface area contributed by atoms with Crippen LogP contribution >= 0.6 is 0 Å². The van der Waals surface area contributed by atoms with Gasteiger partial charge in [0.25, 0.3) is 5.91 Å². The SMILES string of the molecule is Cc1ccc(NC(=O)c2cc(CN3CCN(C)CC3)n(C(C)(C)C)n2)cc1C(N)=O. The summed E-state index contributed by atoms with van der Waals surface area (Å²) in [7, 11) is 2.13. The standard InChI is InChI=1S/C22H32N6O2/c1-15-6-7-16(12-18(15)20(23)29)24-21(30)19-13-17(28(25-19)22(2,3)4)14-27-10-8-26(5)9-11-27/h6-7,12-13H,8-11,14H2,1-5H3,(H2,23,29)(H,24,30). The highest BCUT2D eigenvalue weighted by Crippen LogP contribution is 2.21. The molecule has 0 aliphatic carbocycles. The van der Waals surface area contributed by atoms with E-state index in [0.717, 1.165) is 44.0 Å². The Labute approximate surface area is 178 Å². The Kier molecular flexibility index (Phi) is 6.28. The lowest BCUT2D eigenvalue weighted by molar-refractivity contribution is 0.0994. The molecule has 1 saturated heterocycles. The lowest BCUT2D eigenvalue weighted by Crippen LogP contribution is -2.44. The number of hydrogen-bond acceptors (Lipinski definition) is 5. The van der Waals surface area contributed by atoms with Crippen molar-refractivity contribution in [1.82, 2.24) is 19.6 Å². The van der Waals surface area contributed by atoms with Gasteiger partial charge in [-0.1, -0.05) is 6.07 Å². The van der Waals surface area contributed by atoms with Gasteiger partial charge in [0.05, 0.1) is 11.2 Å². The quantitative estimate of drug-likeness (QED) is 0.783. The number of benzene rings is 1. The first kappa shape index (κ1) is 22.0. The van der Waals surface area contributed by atoms with E-state index in [1.807, 2.05) is 10.7 Å². The summed E-state index contributed by atoms with van der Waals surface area (Å²) in [6.07, 6.45) is 0. The van der Waals surface area contributed by atoms with Crippen molar-refractivity contribution in [2.75, 3.05) is 38.5 Å². The topological polar surface area (TPSA) is 96.5 Å². The number of anilines is 1. The van der Waals surface area contributed by atoms with E-state index in [1.54, 1.807) is 25.1 Å². The smallest absolute Gasteiger partial charge is 0.276 e. The zero-order valence-corrected chi connectivity index (χ0v) is 18.5. The van der Waals surface area contributed by atoms with Crippen LogP contribution in [0.15, 0.2) is 24.3 Å². The van der Waals surface area contributed by atoms with Crippen LogP contribution in [0.25, 0.3) is 0 Å². The molecule has 3 rings (SSSR count). The molecule has 0 spiro atoms. The van der Waals surface area contributed by atoms with Gasteiger partial charge >= 0.3 is 0 Å². The number of nitrogens with two attached hydrogens (primary N) is 1. The molecule has 1 aliphatic heterocycles. The van der Waals surface area contributed by atoms with E-state index in [-0.39, 0.29) is 11.4 Å². The van der Waals surface area contributed by atoms with Crippen molar-refractivity contribution in [1.29, 1.82) is 0 Å². The summed E-state index contributed by atoms with van der Waals surface area (Å²) >= 11 is 0. The number of nitrogens with one attached hydrogen (secondary N) is 1. The molecule has 1 aliphatic rings. The second kappa shape index (κ2) is 8.57. The zero-order valence-electron chi connectivity index (χ0n) is 18.5. The van der Waals surface area contributed by atoms with Gasteiger partial charge in [0.2, 0.25) is 5.91 Å². The molecule has 2 aromatic rings. The summed E-state index contributed by atoms with van der Waals surface area (Å²) < 4.78 is 1.93. The lowest BCUT2D eigenvalue weighted by atomic mass is 10.1. The Bertz CT molecular complexity index is 936. The van der Waals surface area contributed by atoms with Crippen molar-refractivity contribution in [2.24, 2.45) is 5.73 Å². The molecule has 0 unspecified atom stereocenters. The number of carbonyl (C=O) groups excluding carboxylic acids is 2. The van der Waals surface area contributed by atoms with Crippen molar-refractivity contribution in [3.8, 4) is 0 Å². The molecule has 2 heterocycles. The summed E-state index contributed by atoms with van der Waals surface area (Å²) in [4.78, 5) is 29.2. The number of amides is 2. The van der Waals surface area contributed by atoms with Crippen LogP contribution in [0.5, 0.6) is 0 Å². The Hall–Kier alpha value is -2.71. The van der Waals surface area contributed by atoms with Gasteiger partial charge in [0.1, 0.15) is 0 Å². The molecule has 1 aromatic carbocycles. The number of piperazine rings is 1.